The molecule has 0 aromatic heterocycles. The number of hydrogen-bond acceptors (Lipinski definition) is 1. The lowest BCUT2D eigenvalue weighted by atomic mass is 9.99. The van der Waals surface area contributed by atoms with Crippen molar-refractivity contribution in [3.63, 3.8) is 0 Å². The van der Waals surface area contributed by atoms with Crippen molar-refractivity contribution in [1.29, 1.82) is 0 Å². The molecule has 0 aliphatic heterocycles. The summed E-state index contributed by atoms with van der Waals surface area (Å²) in [6.45, 7) is 0.967. The summed E-state index contributed by atoms with van der Waals surface area (Å²) in [4.78, 5) is 0. The van der Waals surface area contributed by atoms with Gasteiger partial charge in [0.1, 0.15) is 0 Å². The summed E-state index contributed by atoms with van der Waals surface area (Å²) in [6, 6.07) is 5.78. The number of benzene rings is 1. The van der Waals surface area contributed by atoms with Gasteiger partial charge in [-0.1, -0.05) is 24.3 Å². The Morgan fingerprint density at radius 2 is 1.71 bits per heavy atom. The lowest BCUT2D eigenvalue weighted by Gasteiger charge is -2.15. The minimum Gasteiger partial charge on any atom is -0.392 e. The van der Waals surface area contributed by atoms with Gasteiger partial charge >= 0.3 is 6.18 Å². The average Bonchev–Trinajstić information content (AvgIpc) is 2.15. The Hall–Kier alpha value is -1.03. The first-order chi connectivity index (χ1) is 6.45. The van der Waals surface area contributed by atoms with Crippen LogP contribution in [0.5, 0.6) is 0 Å². The van der Waals surface area contributed by atoms with Gasteiger partial charge in [0.05, 0.1) is 12.5 Å². The van der Waals surface area contributed by atoms with E-state index in [1.165, 1.54) is 24.3 Å². The van der Waals surface area contributed by atoms with Crippen LogP contribution in [0.15, 0.2) is 24.3 Å². The summed E-state index contributed by atoms with van der Waals surface area (Å²) < 4.78 is 36.8. The van der Waals surface area contributed by atoms with Gasteiger partial charge in [-0.25, -0.2) is 0 Å². The molecule has 1 N–H and O–H groups in total. The molecule has 4 heteroatoms. The molecule has 0 aliphatic carbocycles. The molecule has 0 heterocycles. The first-order valence-electron chi connectivity index (χ1n) is 4.21. The Kier molecular flexibility index (Phi) is 3.16. The smallest absolute Gasteiger partial charge is 0.392 e. The maximum Gasteiger partial charge on any atom is 0.395 e. The maximum atomic E-state index is 12.3. The van der Waals surface area contributed by atoms with Gasteiger partial charge in [0.2, 0.25) is 0 Å². The molecule has 0 spiro atoms. The van der Waals surface area contributed by atoms with Crippen molar-refractivity contribution < 1.29 is 18.3 Å². The Balaban J connectivity index is 2.87. The van der Waals surface area contributed by atoms with Gasteiger partial charge in [-0.15, -0.1) is 0 Å². The van der Waals surface area contributed by atoms with Gasteiger partial charge in [0, 0.05) is 0 Å². The van der Waals surface area contributed by atoms with Crippen molar-refractivity contribution in [1.82, 2.24) is 0 Å². The van der Waals surface area contributed by atoms with E-state index in [-0.39, 0.29) is 12.2 Å². The zero-order valence-corrected chi connectivity index (χ0v) is 7.67. The molecule has 1 nitrogen and oxygen atoms in total. The molecule has 0 radical (unpaired) electrons. The summed E-state index contributed by atoms with van der Waals surface area (Å²) in [5.74, 6) is -1.46. The molecular weight excluding hydrogens is 193 g/mol. The number of rotatable bonds is 2. The van der Waals surface area contributed by atoms with Crippen molar-refractivity contribution in [3.05, 3.63) is 35.4 Å². The summed E-state index contributed by atoms with van der Waals surface area (Å²) in [6.07, 6.45) is -4.21. The Labute approximate surface area is 80.2 Å². The van der Waals surface area contributed by atoms with E-state index in [2.05, 4.69) is 0 Å². The number of halogens is 3. The fraction of sp³-hybridized carbons (Fsp3) is 0.400. The van der Waals surface area contributed by atoms with Crippen LogP contribution in [0.3, 0.4) is 0 Å². The first-order valence-corrected chi connectivity index (χ1v) is 4.21. The topological polar surface area (TPSA) is 20.2 Å². The molecule has 0 saturated carbocycles. The largest absolute Gasteiger partial charge is 0.395 e. The SMILES string of the molecule is CC(c1ccc(CO)cc1)C(F)(F)F. The minimum absolute atomic E-state index is 0.152. The molecule has 0 fully saturated rings. The molecule has 1 unspecified atom stereocenters. The van der Waals surface area contributed by atoms with Crippen LogP contribution in [0.25, 0.3) is 0 Å². The predicted molar refractivity (Wildman–Crippen MR) is 46.8 cm³/mol. The van der Waals surface area contributed by atoms with Crippen LogP contribution in [-0.2, 0) is 6.61 Å². The number of alkyl halides is 3. The summed E-state index contributed by atoms with van der Waals surface area (Å²) in [5, 5.41) is 8.70. The lowest BCUT2D eigenvalue weighted by molar-refractivity contribution is -0.146. The van der Waals surface area contributed by atoms with Crippen molar-refractivity contribution in [3.8, 4) is 0 Å². The molecule has 0 saturated heterocycles. The molecule has 78 valence electrons. The molecule has 0 aliphatic rings. The normalized spacial score (nSPS) is 14.1. The van der Waals surface area contributed by atoms with Gasteiger partial charge in [0.15, 0.2) is 0 Å². The van der Waals surface area contributed by atoms with E-state index >= 15 is 0 Å². The summed E-state index contributed by atoms with van der Waals surface area (Å²) >= 11 is 0. The third kappa shape index (κ3) is 2.48. The zero-order chi connectivity index (χ0) is 10.8. The molecular formula is C10H11F3O. The van der Waals surface area contributed by atoms with Crippen LogP contribution in [-0.4, -0.2) is 11.3 Å². The van der Waals surface area contributed by atoms with Crippen molar-refractivity contribution in [2.24, 2.45) is 0 Å². The highest BCUT2D eigenvalue weighted by Gasteiger charge is 2.36. The third-order valence-electron chi connectivity index (χ3n) is 2.15. The summed E-state index contributed by atoms with van der Waals surface area (Å²) in [7, 11) is 0. The molecule has 1 atom stereocenters. The van der Waals surface area contributed by atoms with E-state index in [0.29, 0.717) is 5.56 Å². The van der Waals surface area contributed by atoms with E-state index in [1.807, 2.05) is 0 Å². The highest BCUT2D eigenvalue weighted by molar-refractivity contribution is 5.25. The number of aliphatic hydroxyl groups is 1. The van der Waals surface area contributed by atoms with Crippen molar-refractivity contribution in [2.45, 2.75) is 25.6 Å². The minimum atomic E-state index is -4.21. The van der Waals surface area contributed by atoms with Crippen molar-refractivity contribution in [2.75, 3.05) is 0 Å². The van der Waals surface area contributed by atoms with Gasteiger partial charge in [-0.2, -0.15) is 13.2 Å². The molecule has 0 bridgehead atoms. The van der Waals surface area contributed by atoms with Gasteiger partial charge < -0.3 is 5.11 Å². The second-order valence-electron chi connectivity index (χ2n) is 3.16. The summed E-state index contributed by atoms with van der Waals surface area (Å²) in [5.41, 5.74) is 0.831. The highest BCUT2D eigenvalue weighted by atomic mass is 19.4. The zero-order valence-electron chi connectivity index (χ0n) is 7.67. The molecule has 1 aromatic carbocycles. The molecule has 1 aromatic rings. The van der Waals surface area contributed by atoms with Gasteiger partial charge in [0.25, 0.3) is 0 Å². The molecule has 1 rings (SSSR count). The van der Waals surface area contributed by atoms with Crippen LogP contribution in [0.2, 0.25) is 0 Å². The fourth-order valence-electron chi connectivity index (χ4n) is 1.10. The van der Waals surface area contributed by atoms with Gasteiger partial charge in [-0.3, -0.25) is 0 Å². The Morgan fingerprint density at radius 1 is 1.21 bits per heavy atom. The highest BCUT2D eigenvalue weighted by Crippen LogP contribution is 2.34. The van der Waals surface area contributed by atoms with E-state index < -0.39 is 12.1 Å². The molecule has 0 amide bonds. The number of aliphatic hydroxyl groups excluding tert-OH is 1. The second-order valence-corrected chi connectivity index (χ2v) is 3.16. The Bertz CT molecular complexity index is 289. The van der Waals surface area contributed by atoms with E-state index in [4.69, 9.17) is 5.11 Å². The van der Waals surface area contributed by atoms with Crippen LogP contribution >= 0.6 is 0 Å². The van der Waals surface area contributed by atoms with Crippen molar-refractivity contribution >= 4 is 0 Å². The quantitative estimate of drug-likeness (QED) is 0.785. The fourth-order valence-corrected chi connectivity index (χ4v) is 1.10. The third-order valence-corrected chi connectivity index (χ3v) is 2.15. The van der Waals surface area contributed by atoms with Crippen LogP contribution < -0.4 is 0 Å². The monoisotopic (exact) mass is 204 g/mol. The maximum absolute atomic E-state index is 12.3. The average molecular weight is 204 g/mol. The standard InChI is InChI=1S/C10H11F3O/c1-7(10(11,12)13)9-4-2-8(6-14)3-5-9/h2-5,7,14H,6H2,1H3. The Morgan fingerprint density at radius 3 is 2.07 bits per heavy atom. The van der Waals surface area contributed by atoms with Gasteiger partial charge in [-0.05, 0) is 18.1 Å². The van der Waals surface area contributed by atoms with Crippen LogP contribution in [0.4, 0.5) is 13.2 Å². The van der Waals surface area contributed by atoms with E-state index in [9.17, 15) is 13.2 Å². The second kappa shape index (κ2) is 4.00. The van der Waals surface area contributed by atoms with E-state index in [1.54, 1.807) is 0 Å². The van der Waals surface area contributed by atoms with Crippen LogP contribution in [0, 0.1) is 0 Å². The lowest BCUT2D eigenvalue weighted by Crippen LogP contribution is -2.17. The first kappa shape index (κ1) is 11.0. The predicted octanol–water partition coefficient (Wildman–Crippen LogP) is 2.84. The molecule has 14 heavy (non-hydrogen) atoms. The number of hydrogen-bond donors (Lipinski definition) is 1. The van der Waals surface area contributed by atoms with Crippen LogP contribution in [0.1, 0.15) is 24.0 Å². The van der Waals surface area contributed by atoms with E-state index in [0.717, 1.165) is 6.92 Å².